The second-order valence-corrected chi connectivity index (χ2v) is 5.55. The van der Waals surface area contributed by atoms with E-state index in [-0.39, 0.29) is 0 Å². The number of aryl methyl sites for hydroxylation is 2. The first-order valence-corrected chi connectivity index (χ1v) is 8.15. The van der Waals surface area contributed by atoms with Crippen LogP contribution >= 0.6 is 0 Å². The smallest absolute Gasteiger partial charge is 0.0897 e. The van der Waals surface area contributed by atoms with Gasteiger partial charge in [0.25, 0.3) is 0 Å². The molecule has 122 valence electrons. The summed E-state index contributed by atoms with van der Waals surface area (Å²) in [7, 11) is 1.93. The lowest BCUT2D eigenvalue weighted by molar-refractivity contribution is 0.0353. The SMILES string of the molecule is CCCCCCOCC(O)CNCc1cn(C)nc1CC. The summed E-state index contributed by atoms with van der Waals surface area (Å²) in [5.74, 6) is 0. The highest BCUT2D eigenvalue weighted by atomic mass is 16.5. The first-order chi connectivity index (χ1) is 10.2. The van der Waals surface area contributed by atoms with Crippen LogP contribution in [0.15, 0.2) is 6.20 Å². The predicted molar refractivity (Wildman–Crippen MR) is 85.3 cm³/mol. The topological polar surface area (TPSA) is 59.3 Å². The number of nitrogens with one attached hydrogen (secondary N) is 1. The Balaban J connectivity index is 2.08. The molecule has 0 aliphatic carbocycles. The molecule has 0 aliphatic heterocycles. The Hall–Kier alpha value is -0.910. The highest BCUT2D eigenvalue weighted by Gasteiger charge is 2.07. The summed E-state index contributed by atoms with van der Waals surface area (Å²) in [6.45, 7) is 6.75. The standard InChI is InChI=1S/C16H31N3O2/c1-4-6-7-8-9-21-13-15(20)11-17-10-14-12-19(3)18-16(14)5-2/h12,15,17,20H,4-11,13H2,1-3H3. The van der Waals surface area contributed by atoms with Crippen LogP contribution in [0.5, 0.6) is 0 Å². The fraction of sp³-hybridized carbons (Fsp3) is 0.812. The maximum Gasteiger partial charge on any atom is 0.0897 e. The predicted octanol–water partition coefficient (Wildman–Crippen LogP) is 2.03. The monoisotopic (exact) mass is 297 g/mol. The van der Waals surface area contributed by atoms with Crippen molar-refractivity contribution in [2.75, 3.05) is 19.8 Å². The fourth-order valence-corrected chi connectivity index (χ4v) is 2.31. The lowest BCUT2D eigenvalue weighted by Crippen LogP contribution is -2.30. The van der Waals surface area contributed by atoms with Crippen LogP contribution in [0.3, 0.4) is 0 Å². The summed E-state index contributed by atoms with van der Waals surface area (Å²) in [6.07, 6.45) is 7.32. The summed E-state index contributed by atoms with van der Waals surface area (Å²) in [6, 6.07) is 0. The highest BCUT2D eigenvalue weighted by molar-refractivity contribution is 5.16. The van der Waals surface area contributed by atoms with E-state index in [1.54, 1.807) is 0 Å². The molecule has 1 rings (SSSR count). The van der Waals surface area contributed by atoms with Gasteiger partial charge in [0, 0.05) is 38.5 Å². The first kappa shape index (κ1) is 18.1. The maximum atomic E-state index is 9.85. The zero-order valence-corrected chi connectivity index (χ0v) is 13.8. The molecule has 1 aromatic heterocycles. The van der Waals surface area contributed by atoms with E-state index in [0.717, 1.165) is 31.7 Å². The van der Waals surface area contributed by atoms with Crippen LogP contribution in [0.1, 0.15) is 50.8 Å². The summed E-state index contributed by atoms with van der Waals surface area (Å²) in [4.78, 5) is 0. The summed E-state index contributed by atoms with van der Waals surface area (Å²) >= 11 is 0. The van der Waals surface area contributed by atoms with Crippen LogP contribution in [0, 0.1) is 0 Å². The van der Waals surface area contributed by atoms with Gasteiger partial charge in [0.1, 0.15) is 0 Å². The van der Waals surface area contributed by atoms with E-state index in [9.17, 15) is 5.11 Å². The number of ether oxygens (including phenoxy) is 1. The minimum atomic E-state index is -0.446. The van der Waals surface area contributed by atoms with Crippen LogP contribution in [-0.4, -0.2) is 40.7 Å². The van der Waals surface area contributed by atoms with Crippen molar-refractivity contribution in [3.8, 4) is 0 Å². The third-order valence-electron chi connectivity index (χ3n) is 3.47. The van der Waals surface area contributed by atoms with E-state index in [1.807, 2.05) is 17.9 Å². The van der Waals surface area contributed by atoms with E-state index >= 15 is 0 Å². The molecule has 21 heavy (non-hydrogen) atoms. The summed E-state index contributed by atoms with van der Waals surface area (Å²) in [5, 5.41) is 17.5. The zero-order chi connectivity index (χ0) is 15.5. The molecule has 0 radical (unpaired) electrons. The van der Waals surface area contributed by atoms with E-state index in [0.29, 0.717) is 13.2 Å². The highest BCUT2D eigenvalue weighted by Crippen LogP contribution is 2.06. The van der Waals surface area contributed by atoms with Crippen LogP contribution < -0.4 is 5.32 Å². The lowest BCUT2D eigenvalue weighted by Gasteiger charge is -2.12. The van der Waals surface area contributed by atoms with E-state index < -0.39 is 6.10 Å². The number of rotatable bonds is 12. The summed E-state index contributed by atoms with van der Waals surface area (Å²) < 4.78 is 7.33. The molecule has 1 heterocycles. The largest absolute Gasteiger partial charge is 0.389 e. The molecule has 0 bridgehead atoms. The molecule has 0 aliphatic rings. The van der Waals surface area contributed by atoms with Crippen LogP contribution in [0.4, 0.5) is 0 Å². The minimum absolute atomic E-state index is 0.410. The van der Waals surface area contributed by atoms with Crippen LogP contribution in [0.25, 0.3) is 0 Å². The number of aromatic nitrogens is 2. The molecule has 2 N–H and O–H groups in total. The van der Waals surface area contributed by atoms with Gasteiger partial charge in [-0.3, -0.25) is 4.68 Å². The van der Waals surface area contributed by atoms with E-state index in [2.05, 4.69) is 24.3 Å². The van der Waals surface area contributed by atoms with Gasteiger partial charge in [-0.2, -0.15) is 5.10 Å². The Labute approximate surface area is 128 Å². The van der Waals surface area contributed by atoms with Gasteiger partial charge in [0.05, 0.1) is 18.4 Å². The quantitative estimate of drug-likeness (QED) is 0.580. The number of hydrogen-bond acceptors (Lipinski definition) is 4. The van der Waals surface area contributed by atoms with Crippen molar-refractivity contribution in [2.45, 2.75) is 58.6 Å². The molecule has 0 aromatic carbocycles. The molecule has 1 atom stereocenters. The van der Waals surface area contributed by atoms with Crippen molar-refractivity contribution in [1.29, 1.82) is 0 Å². The number of aliphatic hydroxyl groups is 1. The van der Waals surface area contributed by atoms with Gasteiger partial charge in [0.15, 0.2) is 0 Å². The summed E-state index contributed by atoms with van der Waals surface area (Å²) in [5.41, 5.74) is 2.32. The second kappa shape index (κ2) is 10.8. The molecule has 0 saturated carbocycles. The number of aliphatic hydroxyl groups excluding tert-OH is 1. The minimum Gasteiger partial charge on any atom is -0.389 e. The van der Waals surface area contributed by atoms with Gasteiger partial charge in [-0.25, -0.2) is 0 Å². The molecule has 5 nitrogen and oxygen atoms in total. The molecular formula is C16H31N3O2. The molecule has 1 unspecified atom stereocenters. The lowest BCUT2D eigenvalue weighted by atomic mass is 10.2. The molecule has 0 spiro atoms. The fourth-order valence-electron chi connectivity index (χ4n) is 2.31. The van der Waals surface area contributed by atoms with Crippen molar-refractivity contribution in [1.82, 2.24) is 15.1 Å². The Morgan fingerprint density at radius 3 is 2.86 bits per heavy atom. The third-order valence-corrected chi connectivity index (χ3v) is 3.47. The third kappa shape index (κ3) is 7.60. The van der Waals surface area contributed by atoms with Crippen molar-refractivity contribution in [3.05, 3.63) is 17.5 Å². The number of nitrogens with zero attached hydrogens (tertiary/aromatic N) is 2. The Morgan fingerprint density at radius 1 is 1.33 bits per heavy atom. The van der Waals surface area contributed by atoms with E-state index in [4.69, 9.17) is 4.74 Å². The Morgan fingerprint density at radius 2 is 2.14 bits per heavy atom. The second-order valence-electron chi connectivity index (χ2n) is 5.55. The Kier molecular flexibility index (Phi) is 9.30. The van der Waals surface area contributed by atoms with Gasteiger partial charge in [0.2, 0.25) is 0 Å². The number of hydrogen-bond donors (Lipinski definition) is 2. The van der Waals surface area contributed by atoms with Crippen LogP contribution in [-0.2, 0) is 24.8 Å². The van der Waals surface area contributed by atoms with Crippen LogP contribution in [0.2, 0.25) is 0 Å². The molecule has 0 saturated heterocycles. The first-order valence-electron chi connectivity index (χ1n) is 8.15. The average Bonchev–Trinajstić information content (AvgIpc) is 2.83. The van der Waals surface area contributed by atoms with Gasteiger partial charge < -0.3 is 15.2 Å². The van der Waals surface area contributed by atoms with Crippen molar-refractivity contribution < 1.29 is 9.84 Å². The van der Waals surface area contributed by atoms with Gasteiger partial charge in [-0.15, -0.1) is 0 Å². The zero-order valence-electron chi connectivity index (χ0n) is 13.8. The molecule has 0 fully saturated rings. The van der Waals surface area contributed by atoms with Gasteiger partial charge in [-0.1, -0.05) is 33.1 Å². The van der Waals surface area contributed by atoms with Gasteiger partial charge >= 0.3 is 0 Å². The molecule has 5 heteroatoms. The molecule has 0 amide bonds. The normalized spacial score (nSPS) is 12.8. The molecule has 1 aromatic rings. The van der Waals surface area contributed by atoms with Crippen molar-refractivity contribution in [2.24, 2.45) is 7.05 Å². The Bertz CT molecular complexity index is 380. The maximum absolute atomic E-state index is 9.85. The van der Waals surface area contributed by atoms with Gasteiger partial charge in [-0.05, 0) is 12.8 Å². The van der Waals surface area contributed by atoms with E-state index in [1.165, 1.54) is 24.8 Å². The average molecular weight is 297 g/mol. The van der Waals surface area contributed by atoms with Crippen molar-refractivity contribution >= 4 is 0 Å². The van der Waals surface area contributed by atoms with Crippen molar-refractivity contribution in [3.63, 3.8) is 0 Å². The number of unbranched alkanes of at least 4 members (excludes halogenated alkanes) is 3. The molecular weight excluding hydrogens is 266 g/mol.